The van der Waals surface area contributed by atoms with Crippen molar-refractivity contribution < 1.29 is 29.1 Å². The number of carboxylic acid groups (broad SMARTS) is 1. The van der Waals surface area contributed by atoms with Crippen LogP contribution in [0.1, 0.15) is 18.5 Å². The number of carbonyl (C=O) groups is 4. The van der Waals surface area contributed by atoms with Crippen molar-refractivity contribution in [1.29, 1.82) is 0 Å². The summed E-state index contributed by atoms with van der Waals surface area (Å²) < 4.78 is 4.63. The summed E-state index contributed by atoms with van der Waals surface area (Å²) in [5.41, 5.74) is 0.603. The SMILES string of the molecule is O=CNc1nc(/C(=N/OC2CC2)C(=O)N[C@@H]2C(=O)N3C(C(=O)O)=C(CSc4cnns4)CS[C@H]23)cs1. The summed E-state index contributed by atoms with van der Waals surface area (Å²) >= 11 is 5.09. The first-order valence-electron chi connectivity index (χ1n) is 10.5. The van der Waals surface area contributed by atoms with Gasteiger partial charge in [-0.1, -0.05) is 9.64 Å². The van der Waals surface area contributed by atoms with Crippen LogP contribution in [-0.4, -0.2) is 83.5 Å². The molecule has 17 heteroatoms. The van der Waals surface area contributed by atoms with Crippen molar-refractivity contribution in [3.05, 3.63) is 28.5 Å². The number of nitrogens with zero attached hydrogens (tertiary/aromatic N) is 5. The van der Waals surface area contributed by atoms with Gasteiger partial charge in [-0.05, 0) is 29.9 Å². The van der Waals surface area contributed by atoms with E-state index in [1.807, 2.05) is 0 Å². The zero-order chi connectivity index (χ0) is 25.2. The van der Waals surface area contributed by atoms with Gasteiger partial charge < -0.3 is 20.6 Å². The Morgan fingerprint density at radius 2 is 2.22 bits per heavy atom. The lowest BCUT2D eigenvalue weighted by molar-refractivity contribution is -0.150. The third-order valence-corrected chi connectivity index (χ3v) is 9.26. The summed E-state index contributed by atoms with van der Waals surface area (Å²) in [7, 11) is 0. The Bertz CT molecular complexity index is 1260. The highest BCUT2D eigenvalue weighted by atomic mass is 32.2. The molecule has 0 unspecified atom stereocenters. The van der Waals surface area contributed by atoms with Gasteiger partial charge in [-0.25, -0.2) is 9.78 Å². The van der Waals surface area contributed by atoms with Crippen LogP contribution in [0.25, 0.3) is 0 Å². The fourth-order valence-corrected chi connectivity index (χ4v) is 6.95. The lowest BCUT2D eigenvalue weighted by Crippen LogP contribution is -2.71. The minimum atomic E-state index is -1.20. The Hall–Kier alpha value is -3.02. The molecule has 3 N–H and O–H groups in total. The monoisotopic (exact) mass is 567 g/mol. The van der Waals surface area contributed by atoms with Gasteiger partial charge in [0.25, 0.3) is 11.8 Å². The van der Waals surface area contributed by atoms with E-state index in [-0.39, 0.29) is 28.3 Å². The topological polar surface area (TPSA) is 176 Å². The molecule has 13 nitrogen and oxygen atoms in total. The van der Waals surface area contributed by atoms with E-state index in [4.69, 9.17) is 4.84 Å². The molecule has 2 atom stereocenters. The lowest BCUT2D eigenvalue weighted by Gasteiger charge is -2.49. The highest BCUT2D eigenvalue weighted by Gasteiger charge is 2.54. The standard InChI is InChI=1S/C19H17N7O6S4/c27-7-20-19-22-10(6-35-19)12(24-32-9-1-2-9)15(28)23-13-16(29)26-14(18(30)31)8(5-34-17(13)26)4-33-11-3-21-25-36-11/h3,6-7,9,13,17H,1-2,4-5H2,(H,23,28)(H,30,31)(H,20,22,27)/b24-12-/t13-,17-/m1/s1. The molecule has 0 spiro atoms. The number of thioether (sulfide) groups is 2. The third-order valence-electron chi connectivity index (χ3n) is 5.23. The molecule has 2 aromatic rings. The maximum Gasteiger partial charge on any atom is 0.352 e. The number of β-lactam (4-membered cyclic amide) rings is 1. The predicted octanol–water partition coefficient (Wildman–Crippen LogP) is 0.977. The number of oxime groups is 1. The van der Waals surface area contributed by atoms with E-state index in [0.29, 0.717) is 23.5 Å². The Kier molecular flexibility index (Phi) is 7.22. The van der Waals surface area contributed by atoms with E-state index in [1.54, 1.807) is 11.6 Å². The summed E-state index contributed by atoms with van der Waals surface area (Å²) in [6.07, 6.45) is 3.64. The first-order chi connectivity index (χ1) is 17.5. The largest absolute Gasteiger partial charge is 0.477 e. The number of hydrogen-bond donors (Lipinski definition) is 3. The second-order valence-corrected chi connectivity index (χ2v) is 11.7. The van der Waals surface area contributed by atoms with Crippen molar-refractivity contribution in [1.82, 2.24) is 24.8 Å². The molecule has 2 fully saturated rings. The molecule has 0 bridgehead atoms. The van der Waals surface area contributed by atoms with E-state index in [1.165, 1.54) is 40.0 Å². The highest BCUT2D eigenvalue weighted by molar-refractivity contribution is 8.01. The van der Waals surface area contributed by atoms with Crippen LogP contribution in [0.4, 0.5) is 5.13 Å². The maximum atomic E-state index is 13.1. The number of carbonyl (C=O) groups excluding carboxylic acids is 3. The molecular weight excluding hydrogens is 551 g/mol. The van der Waals surface area contributed by atoms with Gasteiger partial charge in [0.15, 0.2) is 10.8 Å². The molecule has 0 aromatic carbocycles. The lowest BCUT2D eigenvalue weighted by atomic mass is 10.0. The first kappa shape index (κ1) is 24.7. The van der Waals surface area contributed by atoms with Crippen LogP contribution in [0.15, 0.2) is 32.2 Å². The second kappa shape index (κ2) is 10.5. The van der Waals surface area contributed by atoms with Crippen LogP contribution in [0, 0.1) is 0 Å². The molecule has 3 amide bonds. The molecule has 3 aliphatic rings. The van der Waals surface area contributed by atoms with E-state index in [0.717, 1.165) is 28.4 Å². The average molecular weight is 568 g/mol. The molecule has 2 aliphatic heterocycles. The van der Waals surface area contributed by atoms with Crippen LogP contribution >= 0.6 is 46.4 Å². The van der Waals surface area contributed by atoms with Crippen molar-refractivity contribution in [2.75, 3.05) is 16.8 Å². The Morgan fingerprint density at radius 1 is 1.39 bits per heavy atom. The number of aromatic nitrogens is 3. The predicted molar refractivity (Wildman–Crippen MR) is 133 cm³/mol. The van der Waals surface area contributed by atoms with Crippen LogP contribution in [-0.2, 0) is 24.0 Å². The number of aliphatic carboxylic acids is 1. The van der Waals surface area contributed by atoms with Crippen molar-refractivity contribution in [2.45, 2.75) is 34.6 Å². The summed E-state index contributed by atoms with van der Waals surface area (Å²) in [6.45, 7) is 0. The normalized spacial score (nSPS) is 21.5. The molecule has 0 radical (unpaired) electrons. The zero-order valence-corrected chi connectivity index (χ0v) is 21.4. The van der Waals surface area contributed by atoms with Crippen molar-refractivity contribution in [2.24, 2.45) is 5.16 Å². The Labute approximate surface area is 219 Å². The minimum absolute atomic E-state index is 0.0609. The van der Waals surface area contributed by atoms with Crippen molar-refractivity contribution in [3.63, 3.8) is 0 Å². The van der Waals surface area contributed by atoms with Gasteiger partial charge in [0.1, 0.15) is 33.1 Å². The Balaban J connectivity index is 1.30. The van der Waals surface area contributed by atoms with Crippen molar-refractivity contribution in [3.8, 4) is 0 Å². The molecule has 1 saturated carbocycles. The van der Waals surface area contributed by atoms with Crippen molar-refractivity contribution >= 4 is 81.4 Å². The average Bonchev–Trinajstić information content (AvgIpc) is 3.33. The molecule has 2 aromatic heterocycles. The van der Waals surface area contributed by atoms with E-state index >= 15 is 0 Å². The molecule has 1 saturated heterocycles. The third kappa shape index (κ3) is 5.09. The fourth-order valence-electron chi connectivity index (χ4n) is 3.39. The molecule has 4 heterocycles. The number of fused-ring (bicyclic) bond motifs is 1. The number of anilines is 1. The number of thiazole rings is 1. The van der Waals surface area contributed by atoms with Gasteiger partial charge in [-0.3, -0.25) is 19.3 Å². The van der Waals surface area contributed by atoms with E-state index in [9.17, 15) is 24.3 Å². The first-order valence-corrected chi connectivity index (χ1v) is 14.2. The van der Waals surface area contributed by atoms with E-state index in [2.05, 4.69) is 30.4 Å². The summed E-state index contributed by atoms with van der Waals surface area (Å²) in [4.78, 5) is 59.6. The van der Waals surface area contributed by atoms with Gasteiger partial charge in [-0.15, -0.1) is 40.0 Å². The summed E-state index contributed by atoms with van der Waals surface area (Å²) in [5, 5.41) is 23.9. The molecule has 5 rings (SSSR count). The highest BCUT2D eigenvalue weighted by Crippen LogP contribution is 2.41. The molecular formula is C19H17N7O6S4. The quantitative estimate of drug-likeness (QED) is 0.116. The fraction of sp³-hybridized carbons (Fsp3) is 0.368. The van der Waals surface area contributed by atoms with Gasteiger partial charge >= 0.3 is 5.97 Å². The maximum absolute atomic E-state index is 13.1. The second-order valence-electron chi connectivity index (χ2n) is 7.69. The summed E-state index contributed by atoms with van der Waals surface area (Å²) in [6, 6.07) is -0.936. The van der Waals surface area contributed by atoms with Crippen LogP contribution < -0.4 is 10.6 Å². The number of carboxylic acids is 1. The zero-order valence-electron chi connectivity index (χ0n) is 18.2. The Morgan fingerprint density at radius 3 is 2.92 bits per heavy atom. The molecule has 36 heavy (non-hydrogen) atoms. The molecule has 1 aliphatic carbocycles. The van der Waals surface area contributed by atoms with Crippen LogP contribution in [0.5, 0.6) is 0 Å². The van der Waals surface area contributed by atoms with E-state index < -0.39 is 29.2 Å². The van der Waals surface area contributed by atoms with Gasteiger partial charge in [-0.2, -0.15) is 0 Å². The smallest absolute Gasteiger partial charge is 0.352 e. The number of nitrogens with one attached hydrogen (secondary N) is 2. The number of amides is 3. The van der Waals surface area contributed by atoms with Gasteiger partial charge in [0, 0.05) is 16.9 Å². The number of hydrogen-bond acceptors (Lipinski definition) is 13. The number of rotatable bonds is 11. The van der Waals surface area contributed by atoms with Gasteiger partial charge in [0.05, 0.1) is 6.20 Å². The van der Waals surface area contributed by atoms with Crippen LogP contribution in [0.3, 0.4) is 0 Å². The van der Waals surface area contributed by atoms with Crippen LogP contribution in [0.2, 0.25) is 0 Å². The minimum Gasteiger partial charge on any atom is -0.477 e. The van der Waals surface area contributed by atoms with Gasteiger partial charge in [0.2, 0.25) is 6.41 Å². The summed E-state index contributed by atoms with van der Waals surface area (Å²) in [5.74, 6) is -1.64. The molecule has 188 valence electrons.